The lowest BCUT2D eigenvalue weighted by Gasteiger charge is -2.14. The monoisotopic (exact) mass is 244 g/mol. The molecule has 1 aliphatic heterocycles. The first-order chi connectivity index (χ1) is 7.62. The zero-order valence-corrected chi connectivity index (χ0v) is 9.81. The zero-order chi connectivity index (χ0) is 11.6. The van der Waals surface area contributed by atoms with E-state index in [0.717, 1.165) is 17.9 Å². The van der Waals surface area contributed by atoms with Gasteiger partial charge in [-0.25, -0.2) is 4.79 Å². The second kappa shape index (κ2) is 4.53. The summed E-state index contributed by atoms with van der Waals surface area (Å²) in [6.07, 6.45) is 2.34. The van der Waals surface area contributed by atoms with Crippen LogP contribution >= 0.6 is 11.8 Å². The first kappa shape index (κ1) is 11.6. The number of nitrogens with one attached hydrogen (secondary N) is 2. The second-order valence-electron chi connectivity index (χ2n) is 4.47. The molecule has 3 N–H and O–H groups in total. The number of aliphatic carboxylic acids is 1. The Balaban J connectivity index is 1.69. The summed E-state index contributed by atoms with van der Waals surface area (Å²) < 4.78 is 0. The first-order valence-corrected chi connectivity index (χ1v) is 6.63. The second-order valence-corrected chi connectivity index (χ2v) is 5.62. The highest BCUT2D eigenvalue weighted by molar-refractivity contribution is 7.99. The number of carbonyl (C=O) groups excluding carboxylic acids is 1. The SMILES string of the molecule is O=C(NCC1(C(=O)O)CC1)NC1CCSC1. The van der Waals surface area contributed by atoms with Crippen LogP contribution in [0.15, 0.2) is 0 Å². The zero-order valence-electron chi connectivity index (χ0n) is 8.99. The van der Waals surface area contributed by atoms with E-state index in [0.29, 0.717) is 12.8 Å². The normalized spacial score (nSPS) is 26.1. The highest BCUT2D eigenvalue weighted by Gasteiger charge is 2.50. The fraction of sp³-hybridized carbons (Fsp3) is 0.800. The maximum atomic E-state index is 11.5. The van der Waals surface area contributed by atoms with Crippen molar-refractivity contribution in [2.45, 2.75) is 25.3 Å². The molecule has 90 valence electrons. The Morgan fingerprint density at radius 1 is 1.44 bits per heavy atom. The Morgan fingerprint density at radius 2 is 2.19 bits per heavy atom. The third-order valence-corrected chi connectivity index (χ3v) is 4.32. The average Bonchev–Trinajstić information content (AvgIpc) is 2.88. The molecule has 1 saturated heterocycles. The van der Waals surface area contributed by atoms with Crippen molar-refractivity contribution >= 4 is 23.8 Å². The van der Waals surface area contributed by atoms with Crippen molar-refractivity contribution in [2.24, 2.45) is 5.41 Å². The topological polar surface area (TPSA) is 78.4 Å². The van der Waals surface area contributed by atoms with Gasteiger partial charge in [-0.15, -0.1) is 0 Å². The summed E-state index contributed by atoms with van der Waals surface area (Å²) in [5.41, 5.74) is -0.679. The number of carboxylic acids is 1. The van der Waals surface area contributed by atoms with Crippen LogP contribution in [-0.2, 0) is 4.79 Å². The molecule has 2 rings (SSSR count). The molecule has 1 heterocycles. The number of hydrogen-bond donors (Lipinski definition) is 3. The van der Waals surface area contributed by atoms with Crippen molar-refractivity contribution < 1.29 is 14.7 Å². The molecule has 0 radical (unpaired) electrons. The molecule has 1 aliphatic carbocycles. The van der Waals surface area contributed by atoms with Crippen LogP contribution in [0.4, 0.5) is 4.79 Å². The highest BCUT2D eigenvalue weighted by atomic mass is 32.2. The van der Waals surface area contributed by atoms with Crippen molar-refractivity contribution in [3.05, 3.63) is 0 Å². The summed E-state index contributed by atoms with van der Waals surface area (Å²) in [4.78, 5) is 22.3. The van der Waals surface area contributed by atoms with E-state index >= 15 is 0 Å². The Morgan fingerprint density at radius 3 is 2.69 bits per heavy atom. The maximum absolute atomic E-state index is 11.5. The van der Waals surface area contributed by atoms with Crippen molar-refractivity contribution in [2.75, 3.05) is 18.1 Å². The van der Waals surface area contributed by atoms with Gasteiger partial charge < -0.3 is 15.7 Å². The lowest BCUT2D eigenvalue weighted by Crippen LogP contribution is -2.45. The number of thioether (sulfide) groups is 1. The third-order valence-electron chi connectivity index (χ3n) is 3.16. The Labute approximate surface area is 98.4 Å². The molecule has 16 heavy (non-hydrogen) atoms. The minimum atomic E-state index is -0.802. The van der Waals surface area contributed by atoms with Crippen molar-refractivity contribution in [3.63, 3.8) is 0 Å². The summed E-state index contributed by atoms with van der Waals surface area (Å²) in [6, 6.07) is 0.00464. The van der Waals surface area contributed by atoms with Crippen molar-refractivity contribution in [1.29, 1.82) is 0 Å². The molecular formula is C10H16N2O3S. The molecule has 6 heteroatoms. The predicted octanol–water partition coefficient (Wildman–Crippen LogP) is 0.656. The summed E-state index contributed by atoms with van der Waals surface area (Å²) in [5.74, 6) is 1.24. The van der Waals surface area contributed by atoms with Crippen LogP contribution in [0.3, 0.4) is 0 Å². The van der Waals surface area contributed by atoms with Gasteiger partial charge in [0.1, 0.15) is 0 Å². The molecule has 2 fully saturated rings. The lowest BCUT2D eigenvalue weighted by atomic mass is 10.1. The van der Waals surface area contributed by atoms with E-state index in [4.69, 9.17) is 5.11 Å². The molecule has 5 nitrogen and oxygen atoms in total. The summed E-state index contributed by atoms with van der Waals surface area (Å²) in [7, 11) is 0. The number of amides is 2. The van der Waals surface area contributed by atoms with Crippen LogP contribution in [0.5, 0.6) is 0 Å². The van der Waals surface area contributed by atoms with E-state index in [1.54, 1.807) is 0 Å². The van der Waals surface area contributed by atoms with E-state index in [1.807, 2.05) is 11.8 Å². The van der Waals surface area contributed by atoms with Crippen LogP contribution in [-0.4, -0.2) is 41.2 Å². The Kier molecular flexibility index (Phi) is 3.28. The van der Waals surface area contributed by atoms with Gasteiger partial charge in [0.05, 0.1) is 5.41 Å². The number of hydrogen-bond acceptors (Lipinski definition) is 3. The van der Waals surface area contributed by atoms with Crippen LogP contribution in [0.1, 0.15) is 19.3 Å². The van der Waals surface area contributed by atoms with Gasteiger partial charge in [-0.3, -0.25) is 4.79 Å². The number of carbonyl (C=O) groups is 2. The van der Waals surface area contributed by atoms with E-state index < -0.39 is 11.4 Å². The number of urea groups is 1. The maximum Gasteiger partial charge on any atom is 0.315 e. The largest absolute Gasteiger partial charge is 0.481 e. The first-order valence-electron chi connectivity index (χ1n) is 5.48. The van der Waals surface area contributed by atoms with Gasteiger partial charge in [0.25, 0.3) is 0 Å². The van der Waals surface area contributed by atoms with Crippen LogP contribution in [0.2, 0.25) is 0 Å². The van der Waals surface area contributed by atoms with Gasteiger partial charge in [-0.2, -0.15) is 11.8 Å². The molecule has 2 amide bonds. The van der Waals surface area contributed by atoms with Crippen LogP contribution in [0, 0.1) is 5.41 Å². The molecule has 0 spiro atoms. The fourth-order valence-corrected chi connectivity index (χ4v) is 2.90. The Bertz CT molecular complexity index is 298. The quantitative estimate of drug-likeness (QED) is 0.678. The number of carboxylic acid groups (broad SMARTS) is 1. The summed E-state index contributed by atoms with van der Waals surface area (Å²) >= 11 is 1.83. The van der Waals surface area contributed by atoms with Crippen LogP contribution in [0.25, 0.3) is 0 Å². The van der Waals surface area contributed by atoms with Gasteiger partial charge in [-0.1, -0.05) is 0 Å². The minimum absolute atomic E-state index is 0.236. The molecule has 0 aromatic rings. The summed E-state index contributed by atoms with van der Waals surface area (Å²) in [5, 5.41) is 14.4. The lowest BCUT2D eigenvalue weighted by molar-refractivity contribution is -0.143. The third kappa shape index (κ3) is 2.61. The molecule has 1 saturated carbocycles. The molecule has 0 aromatic carbocycles. The molecule has 0 aromatic heterocycles. The van der Waals surface area contributed by atoms with Crippen LogP contribution < -0.4 is 10.6 Å². The van der Waals surface area contributed by atoms with Gasteiger partial charge in [-0.05, 0) is 25.0 Å². The van der Waals surface area contributed by atoms with Gasteiger partial charge in [0.15, 0.2) is 0 Å². The van der Waals surface area contributed by atoms with E-state index in [9.17, 15) is 9.59 Å². The fourth-order valence-electron chi connectivity index (χ4n) is 1.75. The number of rotatable bonds is 4. The molecular weight excluding hydrogens is 228 g/mol. The highest BCUT2D eigenvalue weighted by Crippen LogP contribution is 2.45. The minimum Gasteiger partial charge on any atom is -0.481 e. The van der Waals surface area contributed by atoms with Crippen molar-refractivity contribution in [3.8, 4) is 0 Å². The van der Waals surface area contributed by atoms with E-state index in [1.165, 1.54) is 0 Å². The van der Waals surface area contributed by atoms with Gasteiger partial charge >= 0.3 is 12.0 Å². The van der Waals surface area contributed by atoms with E-state index in [2.05, 4.69) is 10.6 Å². The van der Waals surface area contributed by atoms with Gasteiger partial charge in [0.2, 0.25) is 0 Å². The molecule has 1 unspecified atom stereocenters. The molecule has 1 atom stereocenters. The summed E-state index contributed by atoms with van der Waals surface area (Å²) in [6.45, 7) is 0.244. The predicted molar refractivity (Wildman–Crippen MR) is 61.6 cm³/mol. The van der Waals surface area contributed by atoms with Crippen molar-refractivity contribution in [1.82, 2.24) is 10.6 Å². The molecule has 0 bridgehead atoms. The average molecular weight is 244 g/mol. The molecule has 2 aliphatic rings. The van der Waals surface area contributed by atoms with Gasteiger partial charge in [0, 0.05) is 18.3 Å². The Hall–Kier alpha value is -0.910. The standard InChI is InChI=1S/C10H16N2O3S/c13-8(14)10(2-3-10)6-11-9(15)12-7-1-4-16-5-7/h7H,1-6H2,(H,13,14)(H2,11,12,15). The van der Waals surface area contributed by atoms with E-state index in [-0.39, 0.29) is 18.6 Å². The smallest absolute Gasteiger partial charge is 0.315 e.